The van der Waals surface area contributed by atoms with Crippen LogP contribution in [-0.2, 0) is 0 Å². The van der Waals surface area contributed by atoms with Crippen molar-refractivity contribution < 1.29 is 0 Å². The Kier molecular flexibility index (Phi) is 7.46. The number of hydrogen-bond acceptors (Lipinski definition) is 3. The molecule has 1 aromatic rings. The van der Waals surface area contributed by atoms with Crippen molar-refractivity contribution in [1.82, 2.24) is 10.6 Å². The second-order valence-electron chi connectivity index (χ2n) is 5.71. The van der Waals surface area contributed by atoms with E-state index < -0.39 is 0 Å². The third-order valence-corrected chi connectivity index (χ3v) is 6.13. The van der Waals surface area contributed by atoms with Crippen molar-refractivity contribution >= 4 is 29.5 Å². The Morgan fingerprint density at radius 2 is 2.09 bits per heavy atom. The predicted octanol–water partition coefficient (Wildman–Crippen LogP) is 3.62. The van der Waals surface area contributed by atoms with Gasteiger partial charge in [0.1, 0.15) is 0 Å². The second-order valence-corrected chi connectivity index (χ2v) is 8.36. The van der Waals surface area contributed by atoms with E-state index in [0.717, 1.165) is 17.8 Å². The van der Waals surface area contributed by atoms with Gasteiger partial charge in [-0.15, -0.1) is 11.8 Å². The molecule has 0 aliphatic heterocycles. The molecule has 122 valence electrons. The summed E-state index contributed by atoms with van der Waals surface area (Å²) in [6.07, 6.45) is 6.02. The van der Waals surface area contributed by atoms with Gasteiger partial charge in [0, 0.05) is 35.0 Å². The highest BCUT2D eigenvalue weighted by Gasteiger charge is 2.24. The Labute approximate surface area is 143 Å². The van der Waals surface area contributed by atoms with E-state index in [4.69, 9.17) is 0 Å². The molecule has 1 aliphatic rings. The maximum absolute atomic E-state index is 4.36. The monoisotopic (exact) mass is 337 g/mol. The normalized spacial score (nSPS) is 23.3. The first kappa shape index (κ1) is 17.5. The molecular weight excluding hydrogens is 310 g/mol. The molecule has 1 saturated carbocycles. The third kappa shape index (κ3) is 5.76. The summed E-state index contributed by atoms with van der Waals surface area (Å²) in [5, 5.41) is 8.34. The van der Waals surface area contributed by atoms with Crippen molar-refractivity contribution in [1.29, 1.82) is 0 Å². The summed E-state index contributed by atoms with van der Waals surface area (Å²) in [7, 11) is 1.85. The van der Waals surface area contributed by atoms with E-state index in [0.29, 0.717) is 11.3 Å². The second kappa shape index (κ2) is 9.36. The van der Waals surface area contributed by atoms with E-state index in [-0.39, 0.29) is 0 Å². The number of aliphatic imine (C=N–C) groups is 1. The molecule has 0 saturated heterocycles. The molecule has 3 nitrogen and oxygen atoms in total. The quantitative estimate of drug-likeness (QED) is 0.472. The molecule has 0 amide bonds. The minimum Gasteiger partial charge on any atom is -0.355 e. The van der Waals surface area contributed by atoms with Crippen molar-refractivity contribution in [3.63, 3.8) is 0 Å². The van der Waals surface area contributed by atoms with Crippen molar-refractivity contribution in [3.8, 4) is 0 Å². The zero-order valence-electron chi connectivity index (χ0n) is 13.7. The van der Waals surface area contributed by atoms with Crippen LogP contribution in [0.2, 0.25) is 0 Å². The maximum Gasteiger partial charge on any atom is 0.191 e. The Morgan fingerprint density at radius 3 is 2.73 bits per heavy atom. The van der Waals surface area contributed by atoms with Gasteiger partial charge in [-0.25, -0.2) is 0 Å². The first-order chi connectivity index (χ1) is 10.7. The summed E-state index contributed by atoms with van der Waals surface area (Å²) in [6, 6.07) is 11.1. The first-order valence-electron chi connectivity index (χ1n) is 7.93. The van der Waals surface area contributed by atoms with Crippen LogP contribution in [0.3, 0.4) is 0 Å². The molecule has 22 heavy (non-hydrogen) atoms. The Balaban J connectivity index is 1.72. The van der Waals surface area contributed by atoms with Crippen molar-refractivity contribution in [3.05, 3.63) is 30.3 Å². The first-order valence-corrected chi connectivity index (χ1v) is 10.1. The Bertz CT molecular complexity index is 464. The lowest BCUT2D eigenvalue weighted by molar-refractivity contribution is 0.614. The largest absolute Gasteiger partial charge is 0.355 e. The molecule has 5 heteroatoms. The Morgan fingerprint density at radius 1 is 1.32 bits per heavy atom. The van der Waals surface area contributed by atoms with E-state index in [1.54, 1.807) is 0 Å². The van der Waals surface area contributed by atoms with Crippen LogP contribution >= 0.6 is 23.5 Å². The third-order valence-electron chi connectivity index (χ3n) is 3.92. The van der Waals surface area contributed by atoms with Crippen LogP contribution in [0.4, 0.5) is 0 Å². The topological polar surface area (TPSA) is 36.4 Å². The number of nitrogens with one attached hydrogen (secondary N) is 2. The molecule has 2 rings (SSSR count). The minimum absolute atomic E-state index is 0.503. The number of rotatable bonds is 6. The van der Waals surface area contributed by atoms with E-state index in [9.17, 15) is 0 Å². The van der Waals surface area contributed by atoms with Gasteiger partial charge in [0.05, 0.1) is 0 Å². The summed E-state index contributed by atoms with van der Waals surface area (Å²) in [5.41, 5.74) is 0. The average molecular weight is 338 g/mol. The SMILES string of the molecule is CN=C(NCC(C)Sc1ccccc1)NC1CCC(SC)C1. The molecule has 3 unspecified atom stereocenters. The molecule has 0 radical (unpaired) electrons. The standard InChI is InChI=1S/C17H27N3S2/c1-13(22-15-7-5-4-6-8-15)12-19-17(18-2)20-14-9-10-16(11-14)21-3/h4-8,13-14,16H,9-12H2,1-3H3,(H2,18,19,20). The van der Waals surface area contributed by atoms with Gasteiger partial charge in [0.2, 0.25) is 0 Å². The van der Waals surface area contributed by atoms with Crippen LogP contribution in [0.5, 0.6) is 0 Å². The van der Waals surface area contributed by atoms with Gasteiger partial charge < -0.3 is 10.6 Å². The summed E-state index contributed by atoms with van der Waals surface area (Å²) in [4.78, 5) is 5.68. The van der Waals surface area contributed by atoms with Crippen molar-refractivity contribution in [2.75, 3.05) is 19.8 Å². The van der Waals surface area contributed by atoms with Gasteiger partial charge in [0.15, 0.2) is 5.96 Å². The van der Waals surface area contributed by atoms with E-state index in [1.807, 2.05) is 30.6 Å². The smallest absolute Gasteiger partial charge is 0.191 e. The van der Waals surface area contributed by atoms with Crippen LogP contribution in [0.15, 0.2) is 40.2 Å². The van der Waals surface area contributed by atoms with Gasteiger partial charge in [0.25, 0.3) is 0 Å². The number of nitrogens with zero attached hydrogens (tertiary/aromatic N) is 1. The van der Waals surface area contributed by atoms with Crippen LogP contribution in [-0.4, -0.2) is 42.3 Å². The Hall–Kier alpha value is -0.810. The zero-order valence-corrected chi connectivity index (χ0v) is 15.3. The number of thioether (sulfide) groups is 2. The number of benzene rings is 1. The molecule has 3 atom stereocenters. The van der Waals surface area contributed by atoms with Crippen LogP contribution in [0, 0.1) is 0 Å². The van der Waals surface area contributed by atoms with Crippen LogP contribution < -0.4 is 10.6 Å². The molecule has 1 aromatic carbocycles. The summed E-state index contributed by atoms with van der Waals surface area (Å²) < 4.78 is 0. The van der Waals surface area contributed by atoms with Gasteiger partial charge in [-0.05, 0) is 37.7 Å². The van der Waals surface area contributed by atoms with Crippen LogP contribution in [0.1, 0.15) is 26.2 Å². The van der Waals surface area contributed by atoms with Gasteiger partial charge >= 0.3 is 0 Å². The van der Waals surface area contributed by atoms with Crippen LogP contribution in [0.25, 0.3) is 0 Å². The number of hydrogen-bond donors (Lipinski definition) is 2. The molecule has 0 heterocycles. The van der Waals surface area contributed by atoms with E-state index in [1.165, 1.54) is 24.2 Å². The van der Waals surface area contributed by atoms with Gasteiger partial charge in [-0.3, -0.25) is 4.99 Å². The van der Waals surface area contributed by atoms with E-state index >= 15 is 0 Å². The van der Waals surface area contributed by atoms with Crippen molar-refractivity contribution in [2.45, 2.75) is 47.6 Å². The van der Waals surface area contributed by atoms with E-state index in [2.05, 4.69) is 59.1 Å². The van der Waals surface area contributed by atoms with Gasteiger partial charge in [-0.2, -0.15) is 11.8 Å². The van der Waals surface area contributed by atoms with Crippen molar-refractivity contribution in [2.24, 2.45) is 4.99 Å². The number of guanidine groups is 1. The minimum atomic E-state index is 0.503. The lowest BCUT2D eigenvalue weighted by Crippen LogP contribution is -2.44. The highest BCUT2D eigenvalue weighted by atomic mass is 32.2. The molecule has 0 spiro atoms. The highest BCUT2D eigenvalue weighted by molar-refractivity contribution is 8.00. The maximum atomic E-state index is 4.36. The fourth-order valence-corrected chi connectivity index (χ4v) is 4.43. The molecular formula is C17H27N3S2. The highest BCUT2D eigenvalue weighted by Crippen LogP contribution is 2.28. The fraction of sp³-hybridized carbons (Fsp3) is 0.588. The summed E-state index contributed by atoms with van der Waals surface area (Å²) in [5.74, 6) is 0.937. The van der Waals surface area contributed by atoms with Gasteiger partial charge in [-0.1, -0.05) is 25.1 Å². The molecule has 0 bridgehead atoms. The lowest BCUT2D eigenvalue weighted by atomic mass is 10.2. The molecule has 1 aliphatic carbocycles. The zero-order chi connectivity index (χ0) is 15.8. The summed E-state index contributed by atoms with van der Waals surface area (Å²) >= 11 is 3.88. The molecule has 2 N–H and O–H groups in total. The lowest BCUT2D eigenvalue weighted by Gasteiger charge is -2.19. The molecule has 1 fully saturated rings. The fourth-order valence-electron chi connectivity index (χ4n) is 2.69. The summed E-state index contributed by atoms with van der Waals surface area (Å²) in [6.45, 7) is 3.16. The molecule has 0 aromatic heterocycles. The predicted molar refractivity (Wildman–Crippen MR) is 101 cm³/mol. The average Bonchev–Trinajstić information content (AvgIpc) is 3.00.